The second-order valence-corrected chi connectivity index (χ2v) is 3.22. The first kappa shape index (κ1) is 9.58. The van der Waals surface area contributed by atoms with Gasteiger partial charge in [-0.3, -0.25) is 0 Å². The second kappa shape index (κ2) is 3.47. The molecule has 0 N–H and O–H groups in total. The van der Waals surface area contributed by atoms with Gasteiger partial charge in [0.1, 0.15) is 5.82 Å². The number of hydrogen-bond donors (Lipinski definition) is 0. The van der Waals surface area contributed by atoms with Crippen molar-refractivity contribution in [1.82, 2.24) is 0 Å². The van der Waals surface area contributed by atoms with Crippen LogP contribution in [0.5, 0.6) is 0 Å². The molecule has 0 aliphatic heterocycles. The van der Waals surface area contributed by atoms with Crippen molar-refractivity contribution in [3.05, 3.63) is 33.5 Å². The molecule has 0 spiro atoms. The molecule has 1 rings (SSSR count). The molecule has 66 valence electrons. The molecule has 0 aromatic heterocycles. The van der Waals surface area contributed by atoms with Crippen LogP contribution >= 0.6 is 15.9 Å². The van der Waals surface area contributed by atoms with E-state index in [1.807, 2.05) is 0 Å². The number of aryl methyl sites for hydroxylation is 1. The zero-order chi connectivity index (χ0) is 9.30. The Morgan fingerprint density at radius 2 is 1.92 bits per heavy atom. The van der Waals surface area contributed by atoms with Gasteiger partial charge in [-0.05, 0) is 24.6 Å². The predicted octanol–water partition coefficient (Wildman–Crippen LogP) is 3.83. The van der Waals surface area contributed by atoms with Crippen molar-refractivity contribution >= 4 is 15.9 Å². The molecule has 0 nitrogen and oxygen atoms in total. The van der Waals surface area contributed by atoms with Crippen LogP contribution in [0.4, 0.5) is 13.2 Å². The first-order valence-corrected chi connectivity index (χ1v) is 4.05. The number of benzene rings is 1. The lowest BCUT2D eigenvalue weighted by molar-refractivity contribution is 0.150. The van der Waals surface area contributed by atoms with E-state index in [2.05, 4.69) is 15.9 Å². The van der Waals surface area contributed by atoms with Gasteiger partial charge in [0, 0.05) is 10.0 Å². The molecule has 4 heteroatoms. The van der Waals surface area contributed by atoms with Crippen LogP contribution in [0, 0.1) is 12.7 Å². The van der Waals surface area contributed by atoms with E-state index in [1.54, 1.807) is 6.92 Å². The average molecular weight is 239 g/mol. The molecule has 0 heterocycles. The number of halogens is 4. The van der Waals surface area contributed by atoms with Crippen molar-refractivity contribution in [3.63, 3.8) is 0 Å². The van der Waals surface area contributed by atoms with Crippen molar-refractivity contribution in [2.24, 2.45) is 0 Å². The van der Waals surface area contributed by atoms with E-state index in [1.165, 1.54) is 6.07 Å². The summed E-state index contributed by atoms with van der Waals surface area (Å²) in [5.41, 5.74) is 0.179. The molecular formula is C8H6BrF3. The van der Waals surface area contributed by atoms with E-state index in [-0.39, 0.29) is 10.0 Å². The molecule has 0 radical (unpaired) electrons. The Hall–Kier alpha value is -0.510. The van der Waals surface area contributed by atoms with Gasteiger partial charge in [0.15, 0.2) is 0 Å². The van der Waals surface area contributed by atoms with Crippen molar-refractivity contribution < 1.29 is 13.2 Å². The normalized spacial score (nSPS) is 10.8. The summed E-state index contributed by atoms with van der Waals surface area (Å²) in [6, 6.07) is 2.04. The zero-order valence-corrected chi connectivity index (χ0v) is 7.83. The van der Waals surface area contributed by atoms with Crippen LogP contribution in [0.2, 0.25) is 0 Å². The summed E-state index contributed by atoms with van der Waals surface area (Å²) in [7, 11) is 0. The minimum Gasteiger partial charge on any atom is -0.207 e. The maximum Gasteiger partial charge on any atom is 0.265 e. The minimum absolute atomic E-state index is 0.277. The molecule has 0 saturated carbocycles. The number of alkyl halides is 2. The topological polar surface area (TPSA) is 0 Å². The highest BCUT2D eigenvalue weighted by Crippen LogP contribution is 2.30. The fraction of sp³-hybridized carbons (Fsp3) is 0.250. The maximum absolute atomic E-state index is 12.6. The van der Waals surface area contributed by atoms with E-state index in [9.17, 15) is 13.2 Å². The fourth-order valence-electron chi connectivity index (χ4n) is 0.910. The highest BCUT2D eigenvalue weighted by atomic mass is 79.9. The Morgan fingerprint density at radius 3 is 2.42 bits per heavy atom. The summed E-state index contributed by atoms with van der Waals surface area (Å²) in [4.78, 5) is 0. The highest BCUT2D eigenvalue weighted by Gasteiger charge is 2.14. The summed E-state index contributed by atoms with van der Waals surface area (Å²) in [6.45, 7) is 1.57. The lowest BCUT2D eigenvalue weighted by Crippen LogP contribution is -1.91. The van der Waals surface area contributed by atoms with Gasteiger partial charge in [-0.25, -0.2) is 13.2 Å². The van der Waals surface area contributed by atoms with E-state index >= 15 is 0 Å². The van der Waals surface area contributed by atoms with Crippen LogP contribution < -0.4 is 0 Å². The molecule has 12 heavy (non-hydrogen) atoms. The Labute approximate surface area is 76.5 Å². The lowest BCUT2D eigenvalue weighted by Gasteiger charge is -2.05. The Bertz CT molecular complexity index is 297. The molecule has 0 fully saturated rings. The fourth-order valence-corrected chi connectivity index (χ4v) is 1.31. The minimum atomic E-state index is -2.64. The van der Waals surface area contributed by atoms with E-state index in [4.69, 9.17) is 0 Å². The van der Waals surface area contributed by atoms with Gasteiger partial charge in [0.25, 0.3) is 6.43 Å². The molecule has 0 atom stereocenters. The van der Waals surface area contributed by atoms with Gasteiger partial charge in [-0.1, -0.05) is 15.9 Å². The van der Waals surface area contributed by atoms with Crippen molar-refractivity contribution in [1.29, 1.82) is 0 Å². The summed E-state index contributed by atoms with van der Waals surface area (Å²) in [5, 5.41) is 0. The van der Waals surface area contributed by atoms with Gasteiger partial charge < -0.3 is 0 Å². The Balaban J connectivity index is 3.28. The van der Waals surface area contributed by atoms with Crippen molar-refractivity contribution in [2.45, 2.75) is 13.3 Å². The largest absolute Gasteiger partial charge is 0.265 e. The molecule has 1 aromatic rings. The van der Waals surface area contributed by atoms with Gasteiger partial charge in [0.05, 0.1) is 0 Å². The summed E-state index contributed by atoms with van der Waals surface area (Å²) < 4.78 is 37.3. The highest BCUT2D eigenvalue weighted by molar-refractivity contribution is 9.10. The third-order valence-corrected chi connectivity index (χ3v) is 2.57. The molecule has 0 aliphatic carbocycles. The molecular weight excluding hydrogens is 233 g/mol. The van der Waals surface area contributed by atoms with Crippen molar-refractivity contribution in [3.8, 4) is 0 Å². The molecule has 0 bridgehead atoms. The number of rotatable bonds is 1. The van der Waals surface area contributed by atoms with E-state index in [0.717, 1.165) is 6.07 Å². The van der Waals surface area contributed by atoms with Crippen LogP contribution in [-0.4, -0.2) is 0 Å². The third kappa shape index (κ3) is 1.80. The molecule has 1 aromatic carbocycles. The summed E-state index contributed by atoms with van der Waals surface area (Å²) in [5.74, 6) is -0.633. The van der Waals surface area contributed by atoms with Gasteiger partial charge >= 0.3 is 0 Å². The quantitative estimate of drug-likeness (QED) is 0.698. The molecule has 0 aliphatic rings. The van der Waals surface area contributed by atoms with Crippen LogP contribution in [-0.2, 0) is 0 Å². The lowest BCUT2D eigenvalue weighted by atomic mass is 10.1. The van der Waals surface area contributed by atoms with Crippen LogP contribution in [0.15, 0.2) is 16.6 Å². The summed E-state index contributed by atoms with van der Waals surface area (Å²) in [6.07, 6.45) is -2.64. The molecule has 0 unspecified atom stereocenters. The monoisotopic (exact) mass is 238 g/mol. The van der Waals surface area contributed by atoms with Gasteiger partial charge in [0.2, 0.25) is 0 Å². The first-order valence-electron chi connectivity index (χ1n) is 3.26. The SMILES string of the molecule is Cc1cc(F)cc(C(F)F)c1Br. The van der Waals surface area contributed by atoms with E-state index in [0.29, 0.717) is 5.56 Å². The van der Waals surface area contributed by atoms with Crippen LogP contribution in [0.1, 0.15) is 17.6 Å². The summed E-state index contributed by atoms with van der Waals surface area (Å²) >= 11 is 2.97. The average Bonchev–Trinajstić information content (AvgIpc) is 1.96. The third-order valence-electron chi connectivity index (χ3n) is 1.48. The second-order valence-electron chi connectivity index (χ2n) is 2.43. The zero-order valence-electron chi connectivity index (χ0n) is 6.24. The predicted molar refractivity (Wildman–Crippen MR) is 43.8 cm³/mol. The van der Waals surface area contributed by atoms with Gasteiger partial charge in [-0.2, -0.15) is 0 Å². The van der Waals surface area contributed by atoms with Gasteiger partial charge in [-0.15, -0.1) is 0 Å². The van der Waals surface area contributed by atoms with Crippen LogP contribution in [0.25, 0.3) is 0 Å². The Kier molecular flexibility index (Phi) is 2.77. The smallest absolute Gasteiger partial charge is 0.207 e. The standard InChI is InChI=1S/C8H6BrF3/c1-4-2-5(10)3-6(7(4)9)8(11)12/h2-3,8H,1H3. The van der Waals surface area contributed by atoms with E-state index < -0.39 is 12.2 Å². The molecule has 0 saturated heterocycles. The Morgan fingerprint density at radius 1 is 1.33 bits per heavy atom. The maximum atomic E-state index is 12.6. The van der Waals surface area contributed by atoms with Crippen LogP contribution in [0.3, 0.4) is 0 Å². The molecule has 0 amide bonds. The first-order chi connectivity index (χ1) is 5.52. The number of hydrogen-bond acceptors (Lipinski definition) is 0. The van der Waals surface area contributed by atoms with Crippen molar-refractivity contribution in [2.75, 3.05) is 0 Å².